The van der Waals surface area contributed by atoms with Crippen molar-refractivity contribution in [3.05, 3.63) is 72.7 Å². The van der Waals surface area contributed by atoms with E-state index in [0.29, 0.717) is 0 Å². The molecule has 6 rings (SSSR count). The molecular weight excluding hydrogens is 372 g/mol. The number of fused-ring (bicyclic) bond motifs is 3. The number of hydrogen-bond acceptors (Lipinski definition) is 5. The molecule has 2 aliphatic heterocycles. The minimum absolute atomic E-state index is 0.141. The first-order chi connectivity index (χ1) is 14.8. The van der Waals surface area contributed by atoms with Gasteiger partial charge in [0.2, 0.25) is 0 Å². The molecule has 150 valence electrons. The minimum atomic E-state index is 0.141. The molecule has 2 aliphatic rings. The number of piperidine rings is 1. The lowest BCUT2D eigenvalue weighted by atomic mass is 9.74. The van der Waals surface area contributed by atoms with E-state index in [0.717, 1.165) is 60.7 Å². The first-order valence-corrected chi connectivity index (χ1v) is 10.6. The Morgan fingerprint density at radius 1 is 0.933 bits per heavy atom. The van der Waals surface area contributed by atoms with Gasteiger partial charge in [-0.25, -0.2) is 9.97 Å². The lowest BCUT2D eigenvalue weighted by Crippen LogP contribution is -2.42. The van der Waals surface area contributed by atoms with E-state index in [-0.39, 0.29) is 5.41 Å². The number of anilines is 4. The number of hydrogen-bond donors (Lipinski definition) is 3. The summed E-state index contributed by atoms with van der Waals surface area (Å²) in [5.41, 5.74) is 5.95. The molecular formula is C24H24N6. The van der Waals surface area contributed by atoms with Crippen LogP contribution >= 0.6 is 0 Å². The fourth-order valence-electron chi connectivity index (χ4n) is 5.03. The fraction of sp³-hybridized carbons (Fsp3) is 0.250. The fourth-order valence-corrected chi connectivity index (χ4v) is 5.03. The topological polar surface area (TPSA) is 68.9 Å². The highest BCUT2D eigenvalue weighted by molar-refractivity contribution is 5.91. The number of rotatable bonds is 3. The van der Waals surface area contributed by atoms with E-state index in [1.165, 1.54) is 11.3 Å². The molecule has 0 radical (unpaired) electrons. The third-order valence-electron chi connectivity index (χ3n) is 6.53. The standard InChI is InChI=1S/C24H24N6/c1-2-4-17(5-3-1)29-18-6-7-21-20(14-18)24(9-12-25-13-10-24)15-30(21)23-19-8-11-26-22(19)27-16-28-23/h1-8,11,14,16,25,29H,9-10,12-13,15H2,(H,26,27,28). The van der Waals surface area contributed by atoms with Crippen LogP contribution in [0.1, 0.15) is 18.4 Å². The van der Waals surface area contributed by atoms with Gasteiger partial charge in [0.25, 0.3) is 0 Å². The number of aromatic nitrogens is 3. The van der Waals surface area contributed by atoms with Crippen LogP contribution < -0.4 is 15.5 Å². The van der Waals surface area contributed by atoms with E-state index in [1.54, 1.807) is 6.33 Å². The number of aromatic amines is 1. The molecule has 3 N–H and O–H groups in total. The van der Waals surface area contributed by atoms with E-state index < -0.39 is 0 Å². The van der Waals surface area contributed by atoms with Gasteiger partial charge in [-0.3, -0.25) is 0 Å². The molecule has 0 saturated carbocycles. The zero-order valence-corrected chi connectivity index (χ0v) is 16.7. The van der Waals surface area contributed by atoms with Gasteiger partial charge in [-0.05, 0) is 67.9 Å². The van der Waals surface area contributed by atoms with Gasteiger partial charge in [-0.2, -0.15) is 0 Å². The predicted octanol–water partition coefficient (Wildman–Crippen LogP) is 4.47. The van der Waals surface area contributed by atoms with Crippen LogP contribution in [0.3, 0.4) is 0 Å². The Bertz CT molecular complexity index is 1190. The second-order valence-electron chi connectivity index (χ2n) is 8.28. The molecule has 4 heterocycles. The van der Waals surface area contributed by atoms with Crippen molar-refractivity contribution in [2.24, 2.45) is 0 Å². The van der Waals surface area contributed by atoms with E-state index in [2.05, 4.69) is 74.0 Å². The average molecular weight is 396 g/mol. The first kappa shape index (κ1) is 17.5. The van der Waals surface area contributed by atoms with E-state index in [4.69, 9.17) is 4.98 Å². The third kappa shape index (κ3) is 2.75. The molecule has 1 saturated heterocycles. The smallest absolute Gasteiger partial charge is 0.145 e. The van der Waals surface area contributed by atoms with Crippen molar-refractivity contribution < 1.29 is 0 Å². The van der Waals surface area contributed by atoms with E-state index >= 15 is 0 Å². The molecule has 1 spiro atoms. The number of benzene rings is 2. The maximum absolute atomic E-state index is 4.69. The highest BCUT2D eigenvalue weighted by Gasteiger charge is 2.44. The van der Waals surface area contributed by atoms with Crippen LogP contribution in [0.2, 0.25) is 0 Å². The molecule has 0 amide bonds. The van der Waals surface area contributed by atoms with Gasteiger partial charge in [-0.15, -0.1) is 0 Å². The number of nitrogens with one attached hydrogen (secondary N) is 3. The van der Waals surface area contributed by atoms with E-state index in [1.807, 2.05) is 12.3 Å². The van der Waals surface area contributed by atoms with Crippen molar-refractivity contribution in [1.29, 1.82) is 0 Å². The van der Waals surface area contributed by atoms with Crippen LogP contribution in [0.25, 0.3) is 11.0 Å². The minimum Gasteiger partial charge on any atom is -0.356 e. The Labute approximate surface area is 175 Å². The van der Waals surface area contributed by atoms with Gasteiger partial charge in [0.15, 0.2) is 0 Å². The first-order valence-electron chi connectivity index (χ1n) is 10.6. The zero-order valence-electron chi connectivity index (χ0n) is 16.7. The second-order valence-corrected chi connectivity index (χ2v) is 8.28. The quantitative estimate of drug-likeness (QED) is 0.477. The SMILES string of the molecule is c1ccc(Nc2ccc3c(c2)C2(CCNCC2)CN3c2ncnc3[nH]ccc23)cc1. The van der Waals surface area contributed by atoms with Crippen LogP contribution in [-0.2, 0) is 5.41 Å². The molecule has 6 heteroatoms. The molecule has 1 fully saturated rings. The van der Waals surface area contributed by atoms with Gasteiger partial charge in [-0.1, -0.05) is 18.2 Å². The Morgan fingerprint density at radius 3 is 2.67 bits per heavy atom. The molecule has 0 unspecified atom stereocenters. The van der Waals surface area contributed by atoms with Crippen molar-refractivity contribution in [2.45, 2.75) is 18.3 Å². The Kier molecular flexibility index (Phi) is 3.99. The number of para-hydroxylation sites is 1. The molecule has 6 nitrogen and oxygen atoms in total. The summed E-state index contributed by atoms with van der Waals surface area (Å²) in [6, 6.07) is 19.2. The molecule has 2 aromatic carbocycles. The predicted molar refractivity (Wildman–Crippen MR) is 121 cm³/mol. The highest BCUT2D eigenvalue weighted by Crippen LogP contribution is 2.50. The lowest BCUT2D eigenvalue weighted by Gasteiger charge is -2.35. The molecule has 0 atom stereocenters. The molecule has 0 aliphatic carbocycles. The average Bonchev–Trinajstić information content (AvgIpc) is 3.39. The number of H-pyrrole nitrogens is 1. The van der Waals surface area contributed by atoms with Crippen LogP contribution in [0.4, 0.5) is 22.9 Å². The van der Waals surface area contributed by atoms with Crippen LogP contribution in [-0.4, -0.2) is 34.6 Å². The molecule has 0 bridgehead atoms. The number of nitrogens with zero attached hydrogens (tertiary/aromatic N) is 3. The highest BCUT2D eigenvalue weighted by atomic mass is 15.2. The van der Waals surface area contributed by atoms with Gasteiger partial charge in [0, 0.05) is 35.2 Å². The van der Waals surface area contributed by atoms with Crippen LogP contribution in [0, 0.1) is 0 Å². The largest absolute Gasteiger partial charge is 0.356 e. The van der Waals surface area contributed by atoms with Gasteiger partial charge in [0.05, 0.1) is 5.39 Å². The maximum atomic E-state index is 4.69. The summed E-state index contributed by atoms with van der Waals surface area (Å²) in [5.74, 6) is 0.988. The summed E-state index contributed by atoms with van der Waals surface area (Å²) >= 11 is 0. The van der Waals surface area contributed by atoms with Gasteiger partial charge < -0.3 is 20.5 Å². The summed E-state index contributed by atoms with van der Waals surface area (Å²) in [7, 11) is 0. The summed E-state index contributed by atoms with van der Waals surface area (Å²) in [6.07, 6.45) is 5.86. The Morgan fingerprint density at radius 2 is 1.80 bits per heavy atom. The zero-order chi connectivity index (χ0) is 20.0. The maximum Gasteiger partial charge on any atom is 0.145 e. The van der Waals surface area contributed by atoms with Gasteiger partial charge in [0.1, 0.15) is 17.8 Å². The van der Waals surface area contributed by atoms with Crippen LogP contribution in [0.5, 0.6) is 0 Å². The second kappa shape index (κ2) is 6.85. The van der Waals surface area contributed by atoms with Crippen LogP contribution in [0.15, 0.2) is 67.1 Å². The Balaban J connectivity index is 1.46. The van der Waals surface area contributed by atoms with Crippen molar-refractivity contribution in [2.75, 3.05) is 29.9 Å². The van der Waals surface area contributed by atoms with E-state index in [9.17, 15) is 0 Å². The normalized spacial score (nSPS) is 17.4. The molecule has 30 heavy (non-hydrogen) atoms. The summed E-state index contributed by atoms with van der Waals surface area (Å²) in [6.45, 7) is 3.05. The van der Waals surface area contributed by atoms with Crippen molar-refractivity contribution >= 4 is 33.9 Å². The third-order valence-corrected chi connectivity index (χ3v) is 6.53. The van der Waals surface area contributed by atoms with Gasteiger partial charge >= 0.3 is 0 Å². The summed E-state index contributed by atoms with van der Waals surface area (Å²) in [4.78, 5) is 14.7. The monoisotopic (exact) mass is 396 g/mol. The molecule has 4 aromatic rings. The summed E-state index contributed by atoms with van der Waals surface area (Å²) in [5, 5.41) is 8.18. The Hall–Kier alpha value is -3.38. The lowest BCUT2D eigenvalue weighted by molar-refractivity contribution is 0.329. The molecule has 2 aromatic heterocycles. The van der Waals surface area contributed by atoms with Crippen molar-refractivity contribution in [1.82, 2.24) is 20.3 Å². The summed E-state index contributed by atoms with van der Waals surface area (Å²) < 4.78 is 0. The van der Waals surface area contributed by atoms with Crippen molar-refractivity contribution in [3.8, 4) is 0 Å². The van der Waals surface area contributed by atoms with Crippen molar-refractivity contribution in [3.63, 3.8) is 0 Å².